The lowest BCUT2D eigenvalue weighted by molar-refractivity contribution is 0.0951. The van der Waals surface area contributed by atoms with Gasteiger partial charge >= 0.3 is 0 Å². The van der Waals surface area contributed by atoms with Gasteiger partial charge in [-0.05, 0) is 42.7 Å². The Kier molecular flexibility index (Phi) is 6.41. The van der Waals surface area contributed by atoms with Gasteiger partial charge in [-0.1, -0.05) is 36.2 Å². The van der Waals surface area contributed by atoms with Crippen molar-refractivity contribution >= 4 is 27.5 Å². The first-order valence-electron chi connectivity index (χ1n) is 10.1. The lowest BCUT2D eigenvalue weighted by Gasteiger charge is -2.26. The maximum Gasteiger partial charge on any atom is 0.253 e. The van der Waals surface area contributed by atoms with Crippen molar-refractivity contribution in [3.05, 3.63) is 77.3 Å². The average Bonchev–Trinajstić information content (AvgIpc) is 3.33. The Morgan fingerprint density at radius 1 is 1.10 bits per heavy atom. The van der Waals surface area contributed by atoms with Crippen molar-refractivity contribution in [3.8, 4) is 5.69 Å². The summed E-state index contributed by atoms with van der Waals surface area (Å²) < 4.78 is 29.3. The molecule has 0 radical (unpaired) electrons. The van der Waals surface area contributed by atoms with E-state index in [0.29, 0.717) is 13.1 Å². The van der Waals surface area contributed by atoms with E-state index in [1.165, 1.54) is 22.5 Å². The molecule has 7 nitrogen and oxygen atoms in total. The van der Waals surface area contributed by atoms with Crippen LogP contribution in [0.5, 0.6) is 0 Å². The molecular weight excluding hydrogens is 436 g/mol. The second-order valence-corrected chi connectivity index (χ2v) is 9.73. The highest BCUT2D eigenvalue weighted by Gasteiger charge is 2.27. The number of nitrogens with one attached hydrogen (secondary N) is 1. The number of sulfonamides is 1. The fourth-order valence-corrected chi connectivity index (χ4v) is 5.42. The molecule has 0 aliphatic carbocycles. The molecular formula is C22H23ClN4O3S. The maximum atomic E-state index is 13.0. The molecule has 1 amide bonds. The second-order valence-electron chi connectivity index (χ2n) is 7.39. The van der Waals surface area contributed by atoms with Crippen LogP contribution in [0.1, 0.15) is 35.2 Å². The molecule has 31 heavy (non-hydrogen) atoms. The van der Waals surface area contributed by atoms with Gasteiger partial charge < -0.3 is 9.88 Å². The van der Waals surface area contributed by atoms with Crippen molar-refractivity contribution in [1.82, 2.24) is 19.2 Å². The minimum absolute atomic E-state index is 0.0859. The van der Waals surface area contributed by atoms with Gasteiger partial charge in [-0.2, -0.15) is 4.31 Å². The predicted molar refractivity (Wildman–Crippen MR) is 119 cm³/mol. The third kappa shape index (κ3) is 4.66. The van der Waals surface area contributed by atoms with Gasteiger partial charge in [0.05, 0.1) is 27.5 Å². The summed E-state index contributed by atoms with van der Waals surface area (Å²) in [6, 6.07) is 11.9. The molecule has 4 rings (SSSR count). The molecule has 0 spiro atoms. The summed E-state index contributed by atoms with van der Waals surface area (Å²) in [5, 5.41) is 3.06. The van der Waals surface area contributed by atoms with Crippen LogP contribution in [0.15, 0.2) is 66.1 Å². The predicted octanol–water partition coefficient (Wildman–Crippen LogP) is 3.63. The zero-order chi connectivity index (χ0) is 21.8. The molecule has 1 aromatic heterocycles. The first-order valence-corrected chi connectivity index (χ1v) is 11.9. The SMILES string of the molecule is O=C(NCc1ccccc1-n1ccnc1)c1cc(S(=O)(=O)N2CCCCC2)ccc1Cl. The Morgan fingerprint density at radius 3 is 2.61 bits per heavy atom. The van der Waals surface area contributed by atoms with Crippen LogP contribution in [-0.4, -0.2) is 41.3 Å². The third-order valence-electron chi connectivity index (χ3n) is 5.35. The van der Waals surface area contributed by atoms with E-state index >= 15 is 0 Å². The topological polar surface area (TPSA) is 84.3 Å². The Morgan fingerprint density at radius 2 is 1.87 bits per heavy atom. The summed E-state index contributed by atoms with van der Waals surface area (Å²) in [4.78, 5) is 17.0. The highest BCUT2D eigenvalue weighted by Crippen LogP contribution is 2.25. The van der Waals surface area contributed by atoms with Crippen LogP contribution < -0.4 is 5.32 Å². The van der Waals surface area contributed by atoms with Gasteiger partial charge in [0, 0.05) is 32.0 Å². The molecule has 0 atom stereocenters. The Balaban J connectivity index is 1.54. The second kappa shape index (κ2) is 9.21. The summed E-state index contributed by atoms with van der Waals surface area (Å²) in [7, 11) is -3.65. The van der Waals surface area contributed by atoms with Crippen molar-refractivity contribution in [2.45, 2.75) is 30.7 Å². The van der Waals surface area contributed by atoms with Crippen molar-refractivity contribution < 1.29 is 13.2 Å². The van der Waals surface area contributed by atoms with Gasteiger partial charge in [0.15, 0.2) is 0 Å². The van der Waals surface area contributed by atoms with E-state index < -0.39 is 15.9 Å². The zero-order valence-electron chi connectivity index (χ0n) is 16.9. The fraction of sp³-hybridized carbons (Fsp3) is 0.273. The monoisotopic (exact) mass is 458 g/mol. The number of benzene rings is 2. The van der Waals surface area contributed by atoms with Gasteiger partial charge in [-0.3, -0.25) is 4.79 Å². The van der Waals surface area contributed by atoms with E-state index in [-0.39, 0.29) is 22.0 Å². The zero-order valence-corrected chi connectivity index (χ0v) is 18.4. The number of piperidine rings is 1. The molecule has 2 aromatic carbocycles. The minimum Gasteiger partial charge on any atom is -0.348 e. The molecule has 0 saturated carbocycles. The van der Waals surface area contributed by atoms with E-state index in [0.717, 1.165) is 30.5 Å². The number of hydrogen-bond donors (Lipinski definition) is 1. The van der Waals surface area contributed by atoms with Gasteiger partial charge in [0.25, 0.3) is 5.91 Å². The molecule has 162 valence electrons. The number of carbonyl (C=O) groups excluding carboxylic acids is 1. The van der Waals surface area contributed by atoms with E-state index in [9.17, 15) is 13.2 Å². The highest BCUT2D eigenvalue weighted by atomic mass is 35.5. The Bertz CT molecular complexity index is 1170. The molecule has 0 unspecified atom stereocenters. The molecule has 9 heteroatoms. The normalized spacial score (nSPS) is 15.0. The fourth-order valence-electron chi connectivity index (χ4n) is 3.68. The quantitative estimate of drug-likeness (QED) is 0.611. The van der Waals surface area contributed by atoms with E-state index in [1.54, 1.807) is 12.5 Å². The van der Waals surface area contributed by atoms with Crippen LogP contribution in [-0.2, 0) is 16.6 Å². The van der Waals surface area contributed by atoms with Crippen molar-refractivity contribution in [3.63, 3.8) is 0 Å². The Labute approximate surface area is 186 Å². The molecule has 3 aromatic rings. The smallest absolute Gasteiger partial charge is 0.253 e. The van der Waals surface area contributed by atoms with Gasteiger partial charge in [-0.25, -0.2) is 13.4 Å². The number of carbonyl (C=O) groups is 1. The van der Waals surface area contributed by atoms with E-state index in [1.807, 2.05) is 35.0 Å². The molecule has 1 aliphatic heterocycles. The lowest BCUT2D eigenvalue weighted by Crippen LogP contribution is -2.35. The number of halogens is 1. The molecule has 1 fully saturated rings. The van der Waals surface area contributed by atoms with Crippen LogP contribution in [0, 0.1) is 0 Å². The lowest BCUT2D eigenvalue weighted by atomic mass is 10.1. The first kappa shape index (κ1) is 21.5. The summed E-state index contributed by atoms with van der Waals surface area (Å²) in [6.07, 6.45) is 7.91. The van der Waals surface area contributed by atoms with Crippen molar-refractivity contribution in [2.75, 3.05) is 13.1 Å². The number of aromatic nitrogens is 2. The maximum absolute atomic E-state index is 13.0. The van der Waals surface area contributed by atoms with Crippen LogP contribution in [0.4, 0.5) is 0 Å². The average molecular weight is 459 g/mol. The molecule has 1 N–H and O–H groups in total. The standard InChI is InChI=1S/C22H23ClN4O3S/c23-20-9-8-18(31(29,30)27-11-4-1-5-12-27)14-19(20)22(28)25-15-17-6-2-3-7-21(17)26-13-10-24-16-26/h2-3,6-10,13-14,16H,1,4-5,11-12,15H2,(H,25,28). The number of rotatable bonds is 6. The van der Waals surface area contributed by atoms with Crippen LogP contribution >= 0.6 is 11.6 Å². The molecule has 1 saturated heterocycles. The summed E-state index contributed by atoms with van der Waals surface area (Å²) in [5.74, 6) is -0.430. The summed E-state index contributed by atoms with van der Waals surface area (Å²) >= 11 is 6.24. The van der Waals surface area contributed by atoms with Gasteiger partial charge in [0.2, 0.25) is 10.0 Å². The van der Waals surface area contributed by atoms with Crippen LogP contribution in [0.25, 0.3) is 5.69 Å². The first-order chi connectivity index (χ1) is 15.0. The van der Waals surface area contributed by atoms with Gasteiger partial charge in [0.1, 0.15) is 0 Å². The Hall–Kier alpha value is -2.68. The van der Waals surface area contributed by atoms with Crippen LogP contribution in [0.3, 0.4) is 0 Å². The number of imidazole rings is 1. The molecule has 2 heterocycles. The third-order valence-corrected chi connectivity index (χ3v) is 7.57. The van der Waals surface area contributed by atoms with Gasteiger partial charge in [-0.15, -0.1) is 0 Å². The van der Waals surface area contributed by atoms with Crippen LogP contribution in [0.2, 0.25) is 5.02 Å². The van der Waals surface area contributed by atoms with Crippen molar-refractivity contribution in [2.24, 2.45) is 0 Å². The number of nitrogens with zero attached hydrogens (tertiary/aromatic N) is 3. The summed E-state index contributed by atoms with van der Waals surface area (Å²) in [5.41, 5.74) is 1.93. The van der Waals surface area contributed by atoms with E-state index in [2.05, 4.69) is 10.3 Å². The van der Waals surface area contributed by atoms with E-state index in [4.69, 9.17) is 11.6 Å². The number of hydrogen-bond acceptors (Lipinski definition) is 4. The largest absolute Gasteiger partial charge is 0.348 e. The van der Waals surface area contributed by atoms with Crippen molar-refractivity contribution in [1.29, 1.82) is 0 Å². The molecule has 1 aliphatic rings. The minimum atomic E-state index is -3.65. The number of amides is 1. The molecule has 0 bridgehead atoms. The number of para-hydroxylation sites is 1. The summed E-state index contributed by atoms with van der Waals surface area (Å²) in [6.45, 7) is 1.25. The highest BCUT2D eigenvalue weighted by molar-refractivity contribution is 7.89.